The molecule has 1 N–H and O–H groups in total. The number of aromatic nitrogens is 1. The Morgan fingerprint density at radius 1 is 1.11 bits per heavy atom. The van der Waals surface area contributed by atoms with Crippen molar-refractivity contribution in [1.82, 2.24) is 4.57 Å². The van der Waals surface area contributed by atoms with Crippen molar-refractivity contribution in [2.45, 2.75) is 32.2 Å². The number of benzene rings is 1. The number of halogens is 1. The Labute approximate surface area is 117 Å². The van der Waals surface area contributed by atoms with E-state index in [0.29, 0.717) is 4.80 Å². The van der Waals surface area contributed by atoms with Gasteiger partial charge in [0.15, 0.2) is 4.80 Å². The highest BCUT2D eigenvalue weighted by atomic mass is 35.5. The van der Waals surface area contributed by atoms with Crippen LogP contribution in [0, 0.1) is 5.41 Å². The third kappa shape index (κ3) is 2.52. The van der Waals surface area contributed by atoms with Gasteiger partial charge in [-0.05, 0) is 31.2 Å². The van der Waals surface area contributed by atoms with Crippen LogP contribution in [0.1, 0.15) is 29.0 Å². The van der Waals surface area contributed by atoms with E-state index in [0.717, 1.165) is 13.0 Å². The van der Waals surface area contributed by atoms with Crippen LogP contribution < -0.4 is 17.2 Å². The lowest BCUT2D eigenvalue weighted by atomic mass is 10.0. The van der Waals surface area contributed by atoms with Crippen molar-refractivity contribution < 1.29 is 12.4 Å². The van der Waals surface area contributed by atoms with E-state index in [9.17, 15) is 0 Å². The molecule has 0 unspecified atom stereocenters. The molecule has 4 heteroatoms. The van der Waals surface area contributed by atoms with Gasteiger partial charge in [0.2, 0.25) is 0 Å². The van der Waals surface area contributed by atoms with Gasteiger partial charge in [-0.25, -0.2) is 0 Å². The molecule has 2 nitrogen and oxygen atoms in total. The van der Waals surface area contributed by atoms with E-state index in [2.05, 4.69) is 28.8 Å². The molecule has 18 heavy (non-hydrogen) atoms. The normalized spacial score (nSPS) is 13.8. The summed E-state index contributed by atoms with van der Waals surface area (Å²) in [5.41, 5.74) is 2.70. The number of fused-ring (bicyclic) bond motifs is 1. The van der Waals surface area contributed by atoms with Gasteiger partial charge in [-0.2, -0.15) is 0 Å². The van der Waals surface area contributed by atoms with E-state index in [-0.39, 0.29) is 12.4 Å². The molecule has 3 rings (SSSR count). The van der Waals surface area contributed by atoms with Gasteiger partial charge in [0, 0.05) is 10.6 Å². The minimum absolute atomic E-state index is 0. The third-order valence-corrected chi connectivity index (χ3v) is 4.46. The highest BCUT2D eigenvalue weighted by Crippen LogP contribution is 2.23. The summed E-state index contributed by atoms with van der Waals surface area (Å²) in [5, 5.41) is 8.10. The maximum Gasteiger partial charge on any atom is 0.182 e. The molecule has 0 spiro atoms. The molecule has 0 saturated carbocycles. The Balaban J connectivity index is 0.00000120. The Kier molecular flexibility index (Phi) is 4.25. The Morgan fingerprint density at radius 3 is 2.61 bits per heavy atom. The van der Waals surface area contributed by atoms with E-state index in [1.165, 1.54) is 35.4 Å². The summed E-state index contributed by atoms with van der Waals surface area (Å²) in [6, 6.07) is 10.5. The van der Waals surface area contributed by atoms with E-state index in [1.807, 2.05) is 6.07 Å². The summed E-state index contributed by atoms with van der Waals surface area (Å²) in [7, 11) is 0. The maximum absolute atomic E-state index is 8.10. The van der Waals surface area contributed by atoms with Gasteiger partial charge < -0.3 is 17.0 Å². The smallest absolute Gasteiger partial charge is 0.182 e. The van der Waals surface area contributed by atoms with Crippen LogP contribution in [0.3, 0.4) is 0 Å². The van der Waals surface area contributed by atoms with Crippen molar-refractivity contribution in [2.24, 2.45) is 0 Å². The number of hydrogen-bond acceptors (Lipinski definition) is 2. The van der Waals surface area contributed by atoms with Crippen molar-refractivity contribution >= 4 is 11.3 Å². The topological polar surface area (TPSA) is 28.8 Å². The van der Waals surface area contributed by atoms with Crippen molar-refractivity contribution in [3.05, 3.63) is 51.3 Å². The van der Waals surface area contributed by atoms with Gasteiger partial charge in [0.1, 0.15) is 0 Å². The van der Waals surface area contributed by atoms with E-state index in [1.54, 1.807) is 11.3 Å². The predicted octanol–water partition coefficient (Wildman–Crippen LogP) is -0.0398. The van der Waals surface area contributed by atoms with E-state index in [4.69, 9.17) is 5.41 Å². The summed E-state index contributed by atoms with van der Waals surface area (Å²) in [6.07, 6.45) is 4.89. The fourth-order valence-electron chi connectivity index (χ4n) is 2.48. The molecule has 1 aliphatic rings. The van der Waals surface area contributed by atoms with Crippen molar-refractivity contribution in [3.63, 3.8) is 0 Å². The maximum atomic E-state index is 8.10. The van der Waals surface area contributed by atoms with Crippen molar-refractivity contribution in [1.29, 1.82) is 5.41 Å². The lowest BCUT2D eigenvalue weighted by molar-refractivity contribution is -0.00000362. The van der Waals surface area contributed by atoms with Gasteiger partial charge in [0.25, 0.3) is 0 Å². The molecule has 1 heterocycles. The quantitative estimate of drug-likeness (QED) is 0.799. The van der Waals surface area contributed by atoms with Crippen LogP contribution >= 0.6 is 11.3 Å². The van der Waals surface area contributed by atoms with Gasteiger partial charge in [-0.3, -0.25) is 5.41 Å². The van der Waals surface area contributed by atoms with Crippen LogP contribution in [0.5, 0.6) is 0 Å². The highest BCUT2D eigenvalue weighted by Gasteiger charge is 2.16. The predicted molar refractivity (Wildman–Crippen MR) is 70.3 cm³/mol. The number of nitrogens with zero attached hydrogens (tertiary/aromatic N) is 1. The zero-order chi connectivity index (χ0) is 11.7. The molecular formula is C14H16ClN2S-. The van der Waals surface area contributed by atoms with Crippen LogP contribution in [0.25, 0.3) is 0 Å². The molecule has 0 saturated heterocycles. The molecule has 0 bridgehead atoms. The first kappa shape index (κ1) is 13.4. The third-order valence-electron chi connectivity index (χ3n) is 3.36. The van der Waals surface area contributed by atoms with Crippen LogP contribution in [0.4, 0.5) is 0 Å². The summed E-state index contributed by atoms with van der Waals surface area (Å²) < 4.78 is 2.19. The van der Waals surface area contributed by atoms with Crippen LogP contribution in [-0.2, 0) is 19.4 Å². The van der Waals surface area contributed by atoms with E-state index < -0.39 is 0 Å². The van der Waals surface area contributed by atoms with Gasteiger partial charge in [-0.1, -0.05) is 30.3 Å². The SMILES string of the molecule is N=c1sc2c(n1Cc1ccccc1)CCCC2.[Cl-]. The molecular weight excluding hydrogens is 264 g/mol. The Hall–Kier alpha value is -1.06. The molecule has 0 atom stereocenters. The molecule has 0 fully saturated rings. The first-order valence-corrected chi connectivity index (χ1v) is 6.96. The first-order chi connectivity index (χ1) is 8.34. The second-order valence-electron chi connectivity index (χ2n) is 4.56. The number of rotatable bonds is 2. The molecule has 1 aromatic carbocycles. The Bertz CT molecular complexity index is 571. The van der Waals surface area contributed by atoms with Crippen molar-refractivity contribution in [2.75, 3.05) is 0 Å². The summed E-state index contributed by atoms with van der Waals surface area (Å²) in [4.78, 5) is 2.15. The second kappa shape index (κ2) is 5.72. The number of hydrogen-bond donors (Lipinski definition) is 1. The van der Waals surface area contributed by atoms with Gasteiger partial charge in [-0.15, -0.1) is 11.3 Å². The standard InChI is InChI=1S/C14H16N2S.ClH/c15-14-16(10-11-6-2-1-3-7-11)12-8-4-5-9-13(12)17-14;/h1-3,6-7,15H,4-5,8-10H2;1H/p-1. The largest absolute Gasteiger partial charge is 1.00 e. The molecule has 96 valence electrons. The number of aryl methyl sites for hydroxylation is 1. The average Bonchev–Trinajstić information content (AvgIpc) is 2.68. The minimum Gasteiger partial charge on any atom is -1.00 e. The molecule has 2 aromatic rings. The monoisotopic (exact) mass is 279 g/mol. The Morgan fingerprint density at radius 2 is 1.83 bits per heavy atom. The van der Waals surface area contributed by atoms with E-state index >= 15 is 0 Å². The molecule has 0 radical (unpaired) electrons. The molecule has 1 aliphatic carbocycles. The lowest BCUT2D eigenvalue weighted by Crippen LogP contribution is -3.00. The molecule has 1 aromatic heterocycles. The lowest BCUT2D eigenvalue weighted by Gasteiger charge is -2.14. The van der Waals surface area contributed by atoms with Crippen LogP contribution in [0.15, 0.2) is 30.3 Å². The second-order valence-corrected chi connectivity index (χ2v) is 5.64. The summed E-state index contributed by atoms with van der Waals surface area (Å²) in [5.74, 6) is 0. The number of thiazole rings is 1. The summed E-state index contributed by atoms with van der Waals surface area (Å²) in [6.45, 7) is 0.853. The first-order valence-electron chi connectivity index (χ1n) is 6.14. The van der Waals surface area contributed by atoms with Gasteiger partial charge >= 0.3 is 0 Å². The average molecular weight is 280 g/mol. The molecule has 0 amide bonds. The van der Waals surface area contributed by atoms with Crippen LogP contribution in [-0.4, -0.2) is 4.57 Å². The molecule has 0 aliphatic heterocycles. The zero-order valence-corrected chi connectivity index (χ0v) is 11.7. The number of nitrogens with one attached hydrogen (secondary N) is 1. The van der Waals surface area contributed by atoms with Crippen LogP contribution in [0.2, 0.25) is 0 Å². The fourth-order valence-corrected chi connectivity index (χ4v) is 3.58. The zero-order valence-electron chi connectivity index (χ0n) is 10.2. The summed E-state index contributed by atoms with van der Waals surface area (Å²) >= 11 is 1.67. The highest BCUT2D eigenvalue weighted by molar-refractivity contribution is 7.09. The van der Waals surface area contributed by atoms with Gasteiger partial charge in [0.05, 0.1) is 6.54 Å². The van der Waals surface area contributed by atoms with Crippen molar-refractivity contribution in [3.8, 4) is 0 Å². The minimum atomic E-state index is 0. The fraction of sp³-hybridized carbons (Fsp3) is 0.357.